The number of carbonyl (C=O) groups is 2. The summed E-state index contributed by atoms with van der Waals surface area (Å²) in [4.78, 5) is 26.7. The summed E-state index contributed by atoms with van der Waals surface area (Å²) in [5.74, 6) is 4.61. The standard InChI is InChI=1S/C29H44O2/c1-18(2)7-6-8-19(3)21-10-11-22-20-9-12-24-27(4,14-13-25(31)29(24)15-16-29)26(20)23(30)17-28(21,22)5/h12,18-22,26H,6-11,13-17H2,1-5H3/t19-,20+,21-,22+,26-,27+,28-/m1/s1. The lowest BCUT2D eigenvalue weighted by molar-refractivity contribution is -0.147. The molecule has 172 valence electrons. The van der Waals surface area contributed by atoms with Crippen molar-refractivity contribution in [2.75, 3.05) is 0 Å². The Balaban J connectivity index is 1.41. The molecule has 0 radical (unpaired) electrons. The summed E-state index contributed by atoms with van der Waals surface area (Å²) in [6, 6.07) is 0. The highest BCUT2D eigenvalue weighted by atomic mass is 16.1. The molecule has 0 amide bonds. The van der Waals surface area contributed by atoms with Gasteiger partial charge in [-0.2, -0.15) is 0 Å². The molecule has 2 nitrogen and oxygen atoms in total. The van der Waals surface area contributed by atoms with Crippen LogP contribution in [0, 0.1) is 51.8 Å². The Labute approximate surface area is 190 Å². The lowest BCUT2D eigenvalue weighted by Crippen LogP contribution is -2.56. The van der Waals surface area contributed by atoms with Crippen LogP contribution in [0.25, 0.3) is 0 Å². The highest BCUT2D eigenvalue weighted by Gasteiger charge is 2.67. The quantitative estimate of drug-likeness (QED) is 0.439. The number of hydrogen-bond acceptors (Lipinski definition) is 2. The van der Waals surface area contributed by atoms with E-state index in [9.17, 15) is 9.59 Å². The minimum atomic E-state index is -0.151. The Bertz CT molecular complexity index is 802. The predicted molar refractivity (Wildman–Crippen MR) is 125 cm³/mol. The number of rotatable bonds is 5. The van der Waals surface area contributed by atoms with Gasteiger partial charge in [0.15, 0.2) is 0 Å². The molecule has 0 saturated heterocycles. The third-order valence-corrected chi connectivity index (χ3v) is 11.0. The number of allylic oxidation sites excluding steroid dienone is 2. The Hall–Kier alpha value is -0.920. The molecule has 31 heavy (non-hydrogen) atoms. The fourth-order valence-corrected chi connectivity index (χ4v) is 9.45. The number of ketones is 2. The summed E-state index contributed by atoms with van der Waals surface area (Å²) in [6.45, 7) is 12.0. The van der Waals surface area contributed by atoms with Gasteiger partial charge < -0.3 is 0 Å². The van der Waals surface area contributed by atoms with Crippen molar-refractivity contribution < 1.29 is 9.59 Å². The van der Waals surface area contributed by atoms with E-state index in [1.807, 2.05) is 0 Å². The molecule has 0 aliphatic heterocycles. The van der Waals surface area contributed by atoms with Gasteiger partial charge in [0, 0.05) is 18.8 Å². The van der Waals surface area contributed by atoms with E-state index in [4.69, 9.17) is 0 Å². The van der Waals surface area contributed by atoms with E-state index in [1.54, 1.807) is 0 Å². The van der Waals surface area contributed by atoms with Crippen molar-refractivity contribution >= 4 is 11.6 Å². The van der Waals surface area contributed by atoms with Gasteiger partial charge in [-0.1, -0.05) is 65.5 Å². The molecule has 5 aliphatic carbocycles. The Kier molecular flexibility index (Phi) is 5.15. The largest absolute Gasteiger partial charge is 0.299 e. The summed E-state index contributed by atoms with van der Waals surface area (Å²) < 4.78 is 0. The van der Waals surface area contributed by atoms with Crippen molar-refractivity contribution in [2.24, 2.45) is 51.8 Å². The van der Waals surface area contributed by atoms with Crippen LogP contribution >= 0.6 is 0 Å². The van der Waals surface area contributed by atoms with E-state index < -0.39 is 0 Å². The SMILES string of the molecule is CC(C)CCC[C@@H](C)[C@H]1CC[C@H]2[C@@H]3CC=C4C5(CC5)C(=O)CC[C@]4(C)[C@H]3C(=O)C[C@]12C. The van der Waals surface area contributed by atoms with Crippen LogP contribution in [-0.2, 0) is 9.59 Å². The lowest BCUT2D eigenvalue weighted by Gasteiger charge is -2.58. The van der Waals surface area contributed by atoms with E-state index in [-0.39, 0.29) is 22.2 Å². The van der Waals surface area contributed by atoms with Crippen molar-refractivity contribution in [2.45, 2.75) is 105 Å². The Morgan fingerprint density at radius 1 is 1.03 bits per heavy atom. The average molecular weight is 425 g/mol. The maximum atomic E-state index is 13.9. The highest BCUT2D eigenvalue weighted by Crippen LogP contribution is 2.71. The second kappa shape index (κ2) is 7.29. The zero-order valence-corrected chi connectivity index (χ0v) is 20.6. The number of Topliss-reactive ketones (excluding diaryl/α,β-unsaturated/α-hetero) is 2. The van der Waals surface area contributed by atoms with Crippen LogP contribution < -0.4 is 0 Å². The first-order valence-electron chi connectivity index (χ1n) is 13.4. The van der Waals surface area contributed by atoms with Gasteiger partial charge in [-0.15, -0.1) is 0 Å². The van der Waals surface area contributed by atoms with Crippen LogP contribution in [0.5, 0.6) is 0 Å². The number of fused-ring (bicyclic) bond motifs is 6. The van der Waals surface area contributed by atoms with Crippen molar-refractivity contribution in [3.8, 4) is 0 Å². The lowest BCUT2D eigenvalue weighted by atomic mass is 9.45. The molecule has 2 heteroatoms. The summed E-state index contributed by atoms with van der Waals surface area (Å²) in [7, 11) is 0. The average Bonchev–Trinajstić information content (AvgIpc) is 3.40. The molecule has 1 spiro atoms. The molecule has 5 aliphatic rings. The number of hydrogen-bond donors (Lipinski definition) is 0. The van der Waals surface area contributed by atoms with E-state index in [0.717, 1.165) is 43.9 Å². The molecule has 0 bridgehead atoms. The zero-order valence-electron chi connectivity index (χ0n) is 20.6. The molecule has 4 fully saturated rings. The molecule has 0 aromatic heterocycles. The van der Waals surface area contributed by atoms with Gasteiger partial charge >= 0.3 is 0 Å². The number of carbonyl (C=O) groups excluding carboxylic acids is 2. The van der Waals surface area contributed by atoms with E-state index in [1.165, 1.54) is 37.7 Å². The first-order chi connectivity index (χ1) is 14.6. The molecular weight excluding hydrogens is 380 g/mol. The van der Waals surface area contributed by atoms with Gasteiger partial charge in [0.05, 0.1) is 5.41 Å². The molecule has 0 heterocycles. The summed E-state index contributed by atoms with van der Waals surface area (Å²) in [5.41, 5.74) is 1.39. The second-order valence-corrected chi connectivity index (χ2v) is 13.2. The van der Waals surface area contributed by atoms with Gasteiger partial charge in [-0.3, -0.25) is 9.59 Å². The van der Waals surface area contributed by atoms with Crippen LogP contribution in [0.1, 0.15) is 105 Å². The molecule has 0 N–H and O–H groups in total. The second-order valence-electron chi connectivity index (χ2n) is 13.2. The minimum absolute atomic E-state index is 0.0489. The molecule has 4 saturated carbocycles. The van der Waals surface area contributed by atoms with Crippen molar-refractivity contribution in [3.63, 3.8) is 0 Å². The molecule has 5 rings (SSSR count). The Morgan fingerprint density at radius 3 is 2.45 bits per heavy atom. The van der Waals surface area contributed by atoms with Crippen molar-refractivity contribution in [1.29, 1.82) is 0 Å². The van der Waals surface area contributed by atoms with Crippen LogP contribution in [0.15, 0.2) is 11.6 Å². The van der Waals surface area contributed by atoms with Gasteiger partial charge in [0.25, 0.3) is 0 Å². The van der Waals surface area contributed by atoms with Crippen molar-refractivity contribution in [3.05, 3.63) is 11.6 Å². The van der Waals surface area contributed by atoms with Crippen LogP contribution in [0.3, 0.4) is 0 Å². The van der Waals surface area contributed by atoms with E-state index >= 15 is 0 Å². The third-order valence-electron chi connectivity index (χ3n) is 11.0. The van der Waals surface area contributed by atoms with Gasteiger partial charge in [-0.05, 0) is 78.9 Å². The van der Waals surface area contributed by atoms with Gasteiger partial charge in [0.1, 0.15) is 11.6 Å². The molecule has 0 aromatic carbocycles. The fourth-order valence-electron chi connectivity index (χ4n) is 9.45. The van der Waals surface area contributed by atoms with Crippen molar-refractivity contribution in [1.82, 2.24) is 0 Å². The monoisotopic (exact) mass is 424 g/mol. The summed E-state index contributed by atoms with van der Waals surface area (Å²) in [6.07, 6.45) is 14.6. The Morgan fingerprint density at radius 2 is 1.77 bits per heavy atom. The molecule has 0 aromatic rings. The maximum absolute atomic E-state index is 13.9. The van der Waals surface area contributed by atoms with Gasteiger partial charge in [0.2, 0.25) is 0 Å². The topological polar surface area (TPSA) is 34.1 Å². The summed E-state index contributed by atoms with van der Waals surface area (Å²) in [5, 5.41) is 0. The van der Waals surface area contributed by atoms with Crippen LogP contribution in [-0.4, -0.2) is 11.6 Å². The molecular formula is C29H44O2. The normalized spacial score (nSPS) is 44.0. The highest BCUT2D eigenvalue weighted by molar-refractivity contribution is 5.94. The summed E-state index contributed by atoms with van der Waals surface area (Å²) >= 11 is 0. The van der Waals surface area contributed by atoms with Crippen LogP contribution in [0.2, 0.25) is 0 Å². The smallest absolute Gasteiger partial charge is 0.143 e. The first-order valence-corrected chi connectivity index (χ1v) is 13.4. The molecule has 0 unspecified atom stereocenters. The van der Waals surface area contributed by atoms with E-state index in [0.29, 0.717) is 35.7 Å². The van der Waals surface area contributed by atoms with Crippen LogP contribution in [0.4, 0.5) is 0 Å². The first kappa shape index (κ1) is 21.9. The third kappa shape index (κ3) is 3.09. The molecule has 7 atom stereocenters. The maximum Gasteiger partial charge on any atom is 0.143 e. The zero-order chi connectivity index (χ0) is 22.2. The fraction of sp³-hybridized carbons (Fsp3) is 0.862. The van der Waals surface area contributed by atoms with E-state index in [2.05, 4.69) is 40.7 Å². The predicted octanol–water partition coefficient (Wildman–Crippen LogP) is 7.17. The van der Waals surface area contributed by atoms with Gasteiger partial charge in [-0.25, -0.2) is 0 Å². The minimum Gasteiger partial charge on any atom is -0.299 e.